The molecular weight excluding hydrogens is 362 g/mol. The van der Waals surface area contributed by atoms with E-state index in [-0.39, 0.29) is 44.0 Å². The third-order valence-electron chi connectivity index (χ3n) is 4.55. The number of nitrogens with one attached hydrogen (secondary N) is 1. The van der Waals surface area contributed by atoms with Crippen LogP contribution in [0.4, 0.5) is 10.5 Å². The second-order valence-corrected chi connectivity index (χ2v) is 7.19. The molecule has 0 unspecified atom stereocenters. The molecule has 1 aliphatic heterocycles. The number of nitrogens with zero attached hydrogens (tertiary/aromatic N) is 2. The Kier molecular flexibility index (Phi) is 7.14. The first-order chi connectivity index (χ1) is 13.2. The van der Waals surface area contributed by atoms with Crippen molar-refractivity contribution in [3.8, 4) is 0 Å². The van der Waals surface area contributed by atoms with Crippen LogP contribution in [0.3, 0.4) is 0 Å². The predicted octanol–water partition coefficient (Wildman–Crippen LogP) is 2.27. The van der Waals surface area contributed by atoms with Crippen LogP contribution < -0.4 is 5.32 Å². The summed E-state index contributed by atoms with van der Waals surface area (Å²) in [5.41, 5.74) is 2.70. The number of hydrogen-bond acceptors (Lipinski definition) is 5. The van der Waals surface area contributed by atoms with Gasteiger partial charge in [0, 0.05) is 25.7 Å². The second-order valence-electron chi connectivity index (χ2n) is 7.19. The van der Waals surface area contributed by atoms with E-state index in [4.69, 9.17) is 4.74 Å². The van der Waals surface area contributed by atoms with Gasteiger partial charge < -0.3 is 15.0 Å². The Balaban J connectivity index is 1.77. The number of esters is 1. The Morgan fingerprint density at radius 2 is 1.96 bits per heavy atom. The number of amides is 4. The number of ether oxygens (including phenoxy) is 1. The summed E-state index contributed by atoms with van der Waals surface area (Å²) in [6, 6.07) is 5.44. The largest absolute Gasteiger partial charge is 0.456 e. The van der Waals surface area contributed by atoms with Gasteiger partial charge in [-0.05, 0) is 30.4 Å². The van der Waals surface area contributed by atoms with Gasteiger partial charge in [-0.15, -0.1) is 0 Å². The first-order valence-electron chi connectivity index (χ1n) is 9.31. The van der Waals surface area contributed by atoms with Crippen molar-refractivity contribution in [3.05, 3.63) is 29.3 Å². The molecule has 1 aromatic rings. The lowest BCUT2D eigenvalue weighted by atomic mass is 9.98. The van der Waals surface area contributed by atoms with E-state index < -0.39 is 11.9 Å². The molecule has 0 aromatic heterocycles. The van der Waals surface area contributed by atoms with E-state index in [9.17, 15) is 19.2 Å². The van der Waals surface area contributed by atoms with Gasteiger partial charge in [0.05, 0.1) is 0 Å². The Morgan fingerprint density at radius 1 is 1.25 bits per heavy atom. The van der Waals surface area contributed by atoms with E-state index in [1.807, 2.05) is 39.0 Å². The van der Waals surface area contributed by atoms with E-state index in [0.29, 0.717) is 6.42 Å². The molecular formula is C20H27N3O5. The van der Waals surface area contributed by atoms with Gasteiger partial charge in [-0.25, -0.2) is 4.79 Å². The number of carbonyl (C=O) groups is 4. The van der Waals surface area contributed by atoms with Crippen molar-refractivity contribution in [3.63, 3.8) is 0 Å². The molecule has 0 aliphatic carbocycles. The zero-order chi connectivity index (χ0) is 20.8. The molecule has 8 nitrogen and oxygen atoms in total. The van der Waals surface area contributed by atoms with Crippen molar-refractivity contribution in [2.45, 2.75) is 39.5 Å². The van der Waals surface area contributed by atoms with E-state index in [2.05, 4.69) is 5.32 Å². The molecule has 4 amide bonds. The predicted molar refractivity (Wildman–Crippen MR) is 104 cm³/mol. The normalized spacial score (nSPS) is 14.0. The molecule has 1 saturated heterocycles. The number of likely N-dealkylation sites (N-methyl/N-ethyl adjacent to an activating group) is 1. The zero-order valence-electron chi connectivity index (χ0n) is 16.8. The second kappa shape index (κ2) is 9.34. The van der Waals surface area contributed by atoms with Gasteiger partial charge in [-0.3, -0.25) is 19.3 Å². The Hall–Kier alpha value is -2.90. The highest BCUT2D eigenvalue weighted by Crippen LogP contribution is 2.27. The van der Waals surface area contributed by atoms with Crippen LogP contribution in [0.1, 0.15) is 43.7 Å². The third kappa shape index (κ3) is 5.31. The van der Waals surface area contributed by atoms with Gasteiger partial charge in [-0.2, -0.15) is 0 Å². The van der Waals surface area contributed by atoms with Crippen molar-refractivity contribution >= 4 is 29.5 Å². The first-order valence-corrected chi connectivity index (χ1v) is 9.31. The molecule has 8 heteroatoms. The number of para-hydroxylation sites is 1. The fourth-order valence-corrected chi connectivity index (χ4v) is 3.01. The highest BCUT2D eigenvalue weighted by atomic mass is 16.5. The molecule has 28 heavy (non-hydrogen) atoms. The van der Waals surface area contributed by atoms with E-state index >= 15 is 0 Å². The summed E-state index contributed by atoms with van der Waals surface area (Å²) in [6.45, 7) is 5.82. The number of benzene rings is 1. The Morgan fingerprint density at radius 3 is 2.57 bits per heavy atom. The number of urea groups is 1. The maximum Gasteiger partial charge on any atom is 0.326 e. The Labute approximate surface area is 164 Å². The summed E-state index contributed by atoms with van der Waals surface area (Å²) in [5, 5.41) is 2.81. The van der Waals surface area contributed by atoms with Crippen LogP contribution in [0.25, 0.3) is 0 Å². The van der Waals surface area contributed by atoms with Crippen molar-refractivity contribution in [2.24, 2.45) is 0 Å². The van der Waals surface area contributed by atoms with Crippen LogP contribution in [0.5, 0.6) is 0 Å². The molecule has 1 fully saturated rings. The molecule has 1 heterocycles. The molecule has 1 N–H and O–H groups in total. The van der Waals surface area contributed by atoms with Crippen LogP contribution in [0.2, 0.25) is 0 Å². The summed E-state index contributed by atoms with van der Waals surface area (Å²) >= 11 is 0. The van der Waals surface area contributed by atoms with Crippen LogP contribution in [0, 0.1) is 6.92 Å². The lowest BCUT2D eigenvalue weighted by Crippen LogP contribution is -2.32. The fourth-order valence-electron chi connectivity index (χ4n) is 3.01. The summed E-state index contributed by atoms with van der Waals surface area (Å²) in [7, 11) is 1.55. The third-order valence-corrected chi connectivity index (χ3v) is 4.55. The maximum absolute atomic E-state index is 12.2. The van der Waals surface area contributed by atoms with Crippen molar-refractivity contribution < 1.29 is 23.9 Å². The van der Waals surface area contributed by atoms with Gasteiger partial charge in [0.25, 0.3) is 5.91 Å². The molecule has 0 spiro atoms. The molecule has 1 aromatic carbocycles. The SMILES string of the molecule is Cc1cccc(C(C)C)c1NC(=O)COC(=O)CCCN1C(=O)CN(C)C1=O. The van der Waals surface area contributed by atoms with Crippen molar-refractivity contribution in [1.29, 1.82) is 0 Å². The highest BCUT2D eigenvalue weighted by molar-refractivity contribution is 6.01. The number of imide groups is 1. The lowest BCUT2D eigenvalue weighted by molar-refractivity contribution is -0.147. The zero-order valence-corrected chi connectivity index (χ0v) is 16.8. The van der Waals surface area contributed by atoms with Gasteiger partial charge in [-0.1, -0.05) is 32.0 Å². The molecule has 152 valence electrons. The number of carbonyl (C=O) groups excluding carboxylic acids is 4. The molecule has 1 aliphatic rings. The average Bonchev–Trinajstić information content (AvgIpc) is 2.87. The summed E-state index contributed by atoms with van der Waals surface area (Å²) in [5.74, 6) is -0.986. The molecule has 0 bridgehead atoms. The number of rotatable bonds is 8. The Bertz CT molecular complexity index is 775. The van der Waals surface area contributed by atoms with E-state index in [1.165, 1.54) is 4.90 Å². The highest BCUT2D eigenvalue weighted by Gasteiger charge is 2.32. The van der Waals surface area contributed by atoms with Crippen LogP contribution in [-0.2, 0) is 19.1 Å². The summed E-state index contributed by atoms with van der Waals surface area (Å²) in [4.78, 5) is 49.8. The monoisotopic (exact) mass is 389 g/mol. The number of aryl methyl sites for hydroxylation is 1. The standard InChI is InChI=1S/C20H27N3O5/c1-13(2)15-8-5-7-14(3)19(15)21-16(24)12-28-18(26)9-6-10-23-17(25)11-22(4)20(23)27/h5,7-8,13H,6,9-12H2,1-4H3,(H,21,24). The van der Waals surface area contributed by atoms with Gasteiger partial charge in [0.2, 0.25) is 5.91 Å². The number of hydrogen-bond donors (Lipinski definition) is 1. The minimum atomic E-state index is -0.545. The summed E-state index contributed by atoms with van der Waals surface area (Å²) < 4.78 is 5.01. The number of anilines is 1. The summed E-state index contributed by atoms with van der Waals surface area (Å²) in [6.07, 6.45) is 0.316. The van der Waals surface area contributed by atoms with Crippen LogP contribution in [-0.4, -0.2) is 60.4 Å². The van der Waals surface area contributed by atoms with Gasteiger partial charge in [0.1, 0.15) is 6.54 Å². The maximum atomic E-state index is 12.2. The smallest absolute Gasteiger partial charge is 0.326 e. The molecule has 2 rings (SSSR count). The average molecular weight is 389 g/mol. The van der Waals surface area contributed by atoms with E-state index in [0.717, 1.165) is 21.7 Å². The topological polar surface area (TPSA) is 96.0 Å². The quantitative estimate of drug-likeness (QED) is 0.543. The minimum Gasteiger partial charge on any atom is -0.456 e. The van der Waals surface area contributed by atoms with Crippen molar-refractivity contribution in [1.82, 2.24) is 9.80 Å². The van der Waals surface area contributed by atoms with Crippen LogP contribution in [0.15, 0.2) is 18.2 Å². The molecule has 0 radical (unpaired) electrons. The van der Waals surface area contributed by atoms with E-state index in [1.54, 1.807) is 7.05 Å². The van der Waals surface area contributed by atoms with Gasteiger partial charge >= 0.3 is 12.0 Å². The lowest BCUT2D eigenvalue weighted by Gasteiger charge is -2.16. The molecule has 0 saturated carbocycles. The minimum absolute atomic E-state index is 0.0235. The fraction of sp³-hybridized carbons (Fsp3) is 0.500. The van der Waals surface area contributed by atoms with Crippen molar-refractivity contribution in [2.75, 3.05) is 32.1 Å². The molecule has 0 atom stereocenters. The van der Waals surface area contributed by atoms with Crippen LogP contribution >= 0.6 is 0 Å². The van der Waals surface area contributed by atoms with Gasteiger partial charge in [0.15, 0.2) is 6.61 Å². The first kappa shape index (κ1) is 21.4.